The molecule has 180 valence electrons. The fraction of sp³-hybridized carbons (Fsp3) is 0.130. The first-order chi connectivity index (χ1) is 16.8. The van der Waals surface area contributed by atoms with Crippen molar-refractivity contribution in [1.82, 2.24) is 9.97 Å². The summed E-state index contributed by atoms with van der Waals surface area (Å²) in [6, 6.07) is 13.5. The summed E-state index contributed by atoms with van der Waals surface area (Å²) in [6.45, 7) is 1.62. The number of ether oxygens (including phenoxy) is 1. The van der Waals surface area contributed by atoms with E-state index in [0.717, 1.165) is 4.31 Å². The lowest BCUT2D eigenvalue weighted by atomic mass is 10.3. The van der Waals surface area contributed by atoms with Crippen molar-refractivity contribution in [2.24, 2.45) is 10.2 Å². The molecule has 0 aliphatic heterocycles. The van der Waals surface area contributed by atoms with Crippen LogP contribution in [0, 0.1) is 0 Å². The molecule has 0 atom stereocenters. The average molecular weight is 514 g/mol. The number of fused-ring (bicyclic) bond motifs is 1. The molecule has 4 rings (SSSR count). The predicted octanol–water partition coefficient (Wildman–Crippen LogP) is 4.83. The van der Waals surface area contributed by atoms with Crippen LogP contribution in [0.5, 0.6) is 11.6 Å². The van der Waals surface area contributed by atoms with E-state index < -0.39 is 22.5 Å². The molecule has 2 N–H and O–H groups in total. The third-order valence-corrected chi connectivity index (χ3v) is 6.97. The van der Waals surface area contributed by atoms with Crippen LogP contribution in [0.15, 0.2) is 82.1 Å². The van der Waals surface area contributed by atoms with Gasteiger partial charge in [0.2, 0.25) is 5.88 Å². The molecule has 0 radical (unpaired) electrons. The number of sulfonamides is 1. The monoisotopic (exact) mass is 513 g/mol. The van der Waals surface area contributed by atoms with Crippen molar-refractivity contribution >= 4 is 49.8 Å². The van der Waals surface area contributed by atoms with Crippen molar-refractivity contribution in [3.8, 4) is 11.6 Å². The number of nitrogens with zero attached hydrogens (tertiary/aromatic N) is 4. The van der Waals surface area contributed by atoms with Gasteiger partial charge >= 0.3 is 0 Å². The molecule has 4 aromatic rings. The van der Waals surface area contributed by atoms with Crippen LogP contribution in [0.1, 0.15) is 6.92 Å². The zero-order valence-corrected chi connectivity index (χ0v) is 20.0. The Labute approximate surface area is 205 Å². The SMILES string of the molecule is CCOc1ccc(S(=O)(=O)N(CC(=O)N=Nc2c(O)[nH]c3ccncc23)c2ccc(Cl)cc2)cc1. The zero-order chi connectivity index (χ0) is 25.0. The molecule has 0 unspecified atom stereocenters. The summed E-state index contributed by atoms with van der Waals surface area (Å²) in [5, 5.41) is 18.4. The van der Waals surface area contributed by atoms with Crippen molar-refractivity contribution in [2.75, 3.05) is 17.5 Å². The molecule has 2 aromatic heterocycles. The average Bonchev–Trinajstić information content (AvgIpc) is 3.17. The van der Waals surface area contributed by atoms with E-state index in [-0.39, 0.29) is 22.2 Å². The molecule has 12 heteroatoms. The van der Waals surface area contributed by atoms with E-state index in [1.54, 1.807) is 6.07 Å². The topological polar surface area (TPSA) is 137 Å². The normalized spacial score (nSPS) is 11.7. The van der Waals surface area contributed by atoms with Crippen LogP contribution in [0.2, 0.25) is 5.02 Å². The molecule has 0 aliphatic rings. The second-order valence-corrected chi connectivity index (χ2v) is 9.53. The number of carbonyl (C=O) groups is 1. The molecule has 0 fully saturated rings. The van der Waals surface area contributed by atoms with Gasteiger partial charge in [0, 0.05) is 22.8 Å². The molecule has 10 nitrogen and oxygen atoms in total. The third kappa shape index (κ3) is 5.26. The van der Waals surface area contributed by atoms with E-state index in [0.29, 0.717) is 28.3 Å². The fourth-order valence-electron chi connectivity index (χ4n) is 3.29. The van der Waals surface area contributed by atoms with E-state index in [2.05, 4.69) is 20.2 Å². The number of nitrogens with one attached hydrogen (secondary N) is 1. The second-order valence-electron chi connectivity index (χ2n) is 7.23. The van der Waals surface area contributed by atoms with Gasteiger partial charge < -0.3 is 14.8 Å². The second kappa shape index (κ2) is 10.1. The number of aromatic amines is 1. The number of carbonyl (C=O) groups excluding carboxylic acids is 1. The quantitative estimate of drug-likeness (QED) is 0.324. The number of hydrogen-bond donors (Lipinski definition) is 2. The summed E-state index contributed by atoms with van der Waals surface area (Å²) in [4.78, 5) is 19.4. The first-order valence-corrected chi connectivity index (χ1v) is 12.2. The molecule has 1 amide bonds. The number of aromatic nitrogens is 2. The summed E-state index contributed by atoms with van der Waals surface area (Å²) >= 11 is 5.96. The van der Waals surface area contributed by atoms with E-state index in [1.807, 2.05) is 6.92 Å². The van der Waals surface area contributed by atoms with E-state index in [1.165, 1.54) is 60.9 Å². The van der Waals surface area contributed by atoms with Crippen molar-refractivity contribution in [3.05, 3.63) is 72.0 Å². The zero-order valence-electron chi connectivity index (χ0n) is 18.4. The molecule has 2 aromatic carbocycles. The van der Waals surface area contributed by atoms with Crippen LogP contribution >= 0.6 is 11.6 Å². The number of pyridine rings is 1. The minimum atomic E-state index is -4.16. The lowest BCUT2D eigenvalue weighted by Gasteiger charge is -2.23. The molecule has 2 heterocycles. The highest BCUT2D eigenvalue weighted by atomic mass is 35.5. The Hall–Kier alpha value is -3.96. The fourth-order valence-corrected chi connectivity index (χ4v) is 4.83. The molecule has 35 heavy (non-hydrogen) atoms. The number of amides is 1. The number of benzene rings is 2. The highest BCUT2D eigenvalue weighted by molar-refractivity contribution is 7.92. The summed E-state index contributed by atoms with van der Waals surface area (Å²) < 4.78 is 33.2. The van der Waals surface area contributed by atoms with Gasteiger partial charge in [-0.15, -0.1) is 10.2 Å². The van der Waals surface area contributed by atoms with Gasteiger partial charge in [-0.2, -0.15) is 0 Å². The smallest absolute Gasteiger partial charge is 0.285 e. The molecular weight excluding hydrogens is 494 g/mol. The van der Waals surface area contributed by atoms with Gasteiger partial charge in [-0.1, -0.05) is 11.6 Å². The van der Waals surface area contributed by atoms with Gasteiger partial charge in [-0.3, -0.25) is 14.1 Å². The van der Waals surface area contributed by atoms with E-state index in [4.69, 9.17) is 16.3 Å². The molecule has 0 saturated heterocycles. The Bertz CT molecular complexity index is 1490. The molecule has 0 spiro atoms. The van der Waals surface area contributed by atoms with Crippen molar-refractivity contribution < 1.29 is 23.1 Å². The number of anilines is 1. The van der Waals surface area contributed by atoms with E-state index in [9.17, 15) is 18.3 Å². The maximum absolute atomic E-state index is 13.5. The summed E-state index contributed by atoms with van der Waals surface area (Å²) in [6.07, 6.45) is 2.99. The van der Waals surface area contributed by atoms with Gasteiger partial charge in [-0.05, 0) is 61.5 Å². The van der Waals surface area contributed by atoms with Crippen molar-refractivity contribution in [1.29, 1.82) is 0 Å². The number of aromatic hydroxyl groups is 1. The Morgan fingerprint density at radius 3 is 2.54 bits per heavy atom. The van der Waals surface area contributed by atoms with Crippen molar-refractivity contribution in [3.63, 3.8) is 0 Å². The predicted molar refractivity (Wildman–Crippen MR) is 131 cm³/mol. The van der Waals surface area contributed by atoms with Crippen LogP contribution in [-0.2, 0) is 14.8 Å². The first-order valence-electron chi connectivity index (χ1n) is 10.4. The van der Waals surface area contributed by atoms with Crippen LogP contribution in [-0.4, -0.2) is 42.6 Å². The maximum Gasteiger partial charge on any atom is 0.285 e. The Morgan fingerprint density at radius 1 is 1.14 bits per heavy atom. The maximum atomic E-state index is 13.5. The molecule has 0 aliphatic carbocycles. The van der Waals surface area contributed by atoms with Gasteiger partial charge in [0.05, 0.1) is 22.7 Å². The van der Waals surface area contributed by atoms with Crippen molar-refractivity contribution in [2.45, 2.75) is 11.8 Å². The largest absolute Gasteiger partial charge is 0.494 e. The number of hydrogen-bond acceptors (Lipinski definition) is 7. The Balaban J connectivity index is 1.65. The van der Waals surface area contributed by atoms with Crippen LogP contribution in [0.4, 0.5) is 11.4 Å². The summed E-state index contributed by atoms with van der Waals surface area (Å²) in [5.74, 6) is -0.629. The minimum Gasteiger partial charge on any atom is -0.494 e. The third-order valence-electron chi connectivity index (χ3n) is 4.93. The lowest BCUT2D eigenvalue weighted by molar-refractivity contribution is -0.116. The van der Waals surface area contributed by atoms with Gasteiger partial charge in [0.15, 0.2) is 5.69 Å². The number of H-pyrrole nitrogens is 1. The molecule has 0 saturated carbocycles. The molecule has 0 bridgehead atoms. The highest BCUT2D eigenvalue weighted by Crippen LogP contribution is 2.35. The molecular formula is C23H20ClN5O5S. The Morgan fingerprint density at radius 2 is 1.86 bits per heavy atom. The van der Waals surface area contributed by atoms with Gasteiger partial charge in [0.1, 0.15) is 12.3 Å². The standard InChI is InChI=1S/C23H20ClN5O5S/c1-2-34-17-7-9-18(10-8-17)35(32,33)29(16-5-3-15(24)4-6-16)14-21(30)27-28-22-19-13-25-12-11-20(19)26-23(22)31/h3-13,26,31H,2,14H2,1H3. The first kappa shape index (κ1) is 24.2. The van der Waals surface area contributed by atoms with E-state index >= 15 is 0 Å². The number of azo groups is 1. The minimum absolute atomic E-state index is 0.0221. The number of rotatable bonds is 8. The van der Waals surface area contributed by atoms with Crippen LogP contribution in [0.25, 0.3) is 10.9 Å². The van der Waals surface area contributed by atoms with Crippen LogP contribution in [0.3, 0.4) is 0 Å². The number of halogens is 1. The Kier molecular flexibility index (Phi) is 6.99. The van der Waals surface area contributed by atoms with Gasteiger partial charge in [-0.25, -0.2) is 8.42 Å². The van der Waals surface area contributed by atoms with Gasteiger partial charge in [0.25, 0.3) is 15.9 Å². The van der Waals surface area contributed by atoms with Crippen LogP contribution < -0.4 is 9.04 Å². The summed E-state index contributed by atoms with van der Waals surface area (Å²) in [5.41, 5.74) is 0.791. The highest BCUT2D eigenvalue weighted by Gasteiger charge is 2.27. The summed E-state index contributed by atoms with van der Waals surface area (Å²) in [7, 11) is -4.16. The lowest BCUT2D eigenvalue weighted by Crippen LogP contribution is -2.35.